The van der Waals surface area contributed by atoms with Crippen molar-refractivity contribution in [3.05, 3.63) is 75.3 Å². The van der Waals surface area contributed by atoms with E-state index in [1.54, 1.807) is 25.1 Å². The fourth-order valence-electron chi connectivity index (χ4n) is 2.47. The van der Waals surface area contributed by atoms with Crippen LogP contribution in [0.25, 0.3) is 0 Å². The molecule has 0 aliphatic heterocycles. The third-order valence-electron chi connectivity index (χ3n) is 3.89. The monoisotopic (exact) mass is 432 g/mol. The lowest BCUT2D eigenvalue weighted by atomic mass is 10.1. The van der Waals surface area contributed by atoms with Crippen LogP contribution >= 0.6 is 23.2 Å². The quantitative estimate of drug-likeness (QED) is 0.567. The molecule has 1 N–H and O–H groups in total. The average molecular weight is 433 g/mol. The minimum Gasteiger partial charge on any atom is -0.490 e. The van der Waals surface area contributed by atoms with Crippen LogP contribution in [0.3, 0.4) is 0 Å². The highest BCUT2D eigenvalue weighted by atomic mass is 35.5. The van der Waals surface area contributed by atoms with Crippen LogP contribution in [0.5, 0.6) is 5.75 Å². The summed E-state index contributed by atoms with van der Waals surface area (Å²) in [4.78, 5) is 11.2. The molecule has 4 nitrogen and oxygen atoms in total. The molecular weight excluding hydrogens is 411 g/mol. The standard InChI is InChI=1S/C23H22Cl2O4/c1-3-28-22(23(26)27)14-17-6-8-21(9-7-17)29-11-10-16(2)4-5-18-12-19(24)15-20(25)13-18/h6-10,12-13,15,22H,3,11,14H2,1-2H3,(H,26,27)/b16-10-. The molecule has 0 bridgehead atoms. The van der Waals surface area contributed by atoms with Crippen LogP contribution in [0, 0.1) is 11.8 Å². The van der Waals surface area contributed by atoms with E-state index in [1.807, 2.05) is 37.3 Å². The third-order valence-corrected chi connectivity index (χ3v) is 4.33. The normalized spacial score (nSPS) is 12.1. The lowest BCUT2D eigenvalue weighted by molar-refractivity contribution is -0.149. The van der Waals surface area contributed by atoms with Gasteiger partial charge in [0, 0.05) is 28.6 Å². The largest absolute Gasteiger partial charge is 0.490 e. The number of ether oxygens (including phenoxy) is 2. The number of aliphatic carboxylic acids is 1. The molecule has 1 atom stereocenters. The van der Waals surface area contributed by atoms with Crippen molar-refractivity contribution in [1.29, 1.82) is 0 Å². The van der Waals surface area contributed by atoms with Crippen molar-refractivity contribution in [3.8, 4) is 17.6 Å². The van der Waals surface area contributed by atoms with Crippen molar-refractivity contribution in [2.24, 2.45) is 0 Å². The lowest BCUT2D eigenvalue weighted by Crippen LogP contribution is -2.26. The molecule has 0 saturated heterocycles. The van der Waals surface area contributed by atoms with Crippen molar-refractivity contribution in [2.75, 3.05) is 13.2 Å². The molecule has 0 amide bonds. The number of carbonyl (C=O) groups is 1. The minimum atomic E-state index is -0.964. The van der Waals surface area contributed by atoms with Gasteiger partial charge in [-0.3, -0.25) is 0 Å². The Bertz CT molecular complexity index is 904. The number of rotatable bonds is 8. The van der Waals surface area contributed by atoms with E-state index in [1.165, 1.54) is 0 Å². The van der Waals surface area contributed by atoms with E-state index in [2.05, 4.69) is 11.8 Å². The van der Waals surface area contributed by atoms with E-state index < -0.39 is 12.1 Å². The number of allylic oxidation sites excluding steroid dienone is 1. The summed E-state index contributed by atoms with van der Waals surface area (Å²) in [5.41, 5.74) is 2.48. The van der Waals surface area contributed by atoms with Crippen LogP contribution in [0.4, 0.5) is 0 Å². The van der Waals surface area contributed by atoms with Crippen molar-refractivity contribution >= 4 is 29.2 Å². The molecule has 1 unspecified atom stereocenters. The molecule has 0 fully saturated rings. The van der Waals surface area contributed by atoms with Gasteiger partial charge < -0.3 is 14.6 Å². The molecular formula is C23H22Cl2O4. The minimum absolute atomic E-state index is 0.311. The molecule has 2 aromatic rings. The zero-order valence-electron chi connectivity index (χ0n) is 16.2. The molecule has 0 aliphatic carbocycles. The summed E-state index contributed by atoms with van der Waals surface area (Å²) in [5.74, 6) is 5.78. The van der Waals surface area contributed by atoms with E-state index in [0.29, 0.717) is 35.4 Å². The van der Waals surface area contributed by atoms with Gasteiger partial charge in [0.15, 0.2) is 6.10 Å². The number of benzene rings is 2. The summed E-state index contributed by atoms with van der Waals surface area (Å²) in [6, 6.07) is 12.5. The average Bonchev–Trinajstić information content (AvgIpc) is 2.66. The van der Waals surface area contributed by atoms with Gasteiger partial charge in [0.25, 0.3) is 0 Å². The smallest absolute Gasteiger partial charge is 0.333 e. The molecule has 0 aromatic heterocycles. The molecule has 6 heteroatoms. The molecule has 2 rings (SSSR count). The second-order valence-electron chi connectivity index (χ2n) is 6.24. The van der Waals surface area contributed by atoms with Crippen LogP contribution in [0.15, 0.2) is 54.1 Å². The van der Waals surface area contributed by atoms with Gasteiger partial charge in [-0.25, -0.2) is 4.79 Å². The Morgan fingerprint density at radius 3 is 2.41 bits per heavy atom. The number of carboxylic acids is 1. The maximum Gasteiger partial charge on any atom is 0.333 e. The number of hydrogen-bond acceptors (Lipinski definition) is 3. The van der Waals surface area contributed by atoms with Crippen LogP contribution in [-0.4, -0.2) is 30.4 Å². The molecule has 0 heterocycles. The predicted molar refractivity (Wildman–Crippen MR) is 116 cm³/mol. The fourth-order valence-corrected chi connectivity index (χ4v) is 2.99. The molecule has 0 spiro atoms. The van der Waals surface area contributed by atoms with E-state index in [4.69, 9.17) is 37.8 Å². The van der Waals surface area contributed by atoms with Crippen LogP contribution in [0.1, 0.15) is 25.0 Å². The van der Waals surface area contributed by atoms with Crippen molar-refractivity contribution in [2.45, 2.75) is 26.4 Å². The van der Waals surface area contributed by atoms with Crippen molar-refractivity contribution in [3.63, 3.8) is 0 Å². The first-order chi connectivity index (χ1) is 13.9. The second-order valence-corrected chi connectivity index (χ2v) is 7.11. The van der Waals surface area contributed by atoms with E-state index in [-0.39, 0.29) is 0 Å². The zero-order valence-corrected chi connectivity index (χ0v) is 17.8. The van der Waals surface area contributed by atoms with Crippen LogP contribution < -0.4 is 4.74 Å². The summed E-state index contributed by atoms with van der Waals surface area (Å²) in [7, 11) is 0. The van der Waals surface area contributed by atoms with Crippen LogP contribution in [0.2, 0.25) is 10.0 Å². The van der Waals surface area contributed by atoms with Crippen molar-refractivity contribution < 1.29 is 19.4 Å². The third kappa shape index (κ3) is 8.21. The first kappa shape index (κ1) is 22.8. The summed E-state index contributed by atoms with van der Waals surface area (Å²) >= 11 is 11.9. The molecule has 29 heavy (non-hydrogen) atoms. The first-order valence-electron chi connectivity index (χ1n) is 9.08. The number of hydrogen-bond donors (Lipinski definition) is 1. The predicted octanol–water partition coefficient (Wildman–Crippen LogP) is 5.40. The lowest BCUT2D eigenvalue weighted by Gasteiger charge is -2.12. The van der Waals surface area contributed by atoms with Crippen LogP contribution in [-0.2, 0) is 16.0 Å². The van der Waals surface area contributed by atoms with E-state index in [9.17, 15) is 4.79 Å². The van der Waals surface area contributed by atoms with Gasteiger partial charge in [-0.2, -0.15) is 0 Å². The molecule has 152 valence electrons. The molecule has 0 radical (unpaired) electrons. The Balaban J connectivity index is 1.89. The Labute approximate surface area is 181 Å². The number of halogens is 2. The van der Waals surface area contributed by atoms with Gasteiger partial charge in [0.1, 0.15) is 12.4 Å². The SMILES string of the molecule is CCOC(Cc1ccc(OC/C=C(/C)C#Cc2cc(Cl)cc(Cl)c2)cc1)C(=O)O. The highest BCUT2D eigenvalue weighted by molar-refractivity contribution is 6.34. The summed E-state index contributed by atoms with van der Waals surface area (Å²) < 4.78 is 10.9. The Kier molecular flexibility index (Phi) is 9.08. The van der Waals surface area contributed by atoms with Gasteiger partial charge in [0.05, 0.1) is 0 Å². The van der Waals surface area contributed by atoms with Gasteiger partial charge in [-0.1, -0.05) is 47.2 Å². The maximum atomic E-state index is 11.2. The maximum absolute atomic E-state index is 11.2. The topological polar surface area (TPSA) is 55.8 Å². The van der Waals surface area contributed by atoms with Gasteiger partial charge in [0.2, 0.25) is 0 Å². The molecule has 0 aliphatic rings. The summed E-state index contributed by atoms with van der Waals surface area (Å²) in [6.45, 7) is 4.40. The number of carboxylic acid groups (broad SMARTS) is 1. The van der Waals surface area contributed by atoms with Gasteiger partial charge in [-0.05, 0) is 61.4 Å². The van der Waals surface area contributed by atoms with Gasteiger partial charge >= 0.3 is 5.97 Å². The summed E-state index contributed by atoms with van der Waals surface area (Å²) in [6.07, 6.45) is 1.35. The Hall–Kier alpha value is -2.45. The second kappa shape index (κ2) is 11.5. The van der Waals surface area contributed by atoms with E-state index >= 15 is 0 Å². The molecule has 2 aromatic carbocycles. The highest BCUT2D eigenvalue weighted by Crippen LogP contribution is 2.18. The molecule has 0 saturated carbocycles. The van der Waals surface area contributed by atoms with E-state index in [0.717, 1.165) is 16.7 Å². The zero-order chi connectivity index (χ0) is 21.2. The fraction of sp³-hybridized carbons (Fsp3) is 0.261. The highest BCUT2D eigenvalue weighted by Gasteiger charge is 2.17. The van der Waals surface area contributed by atoms with Crippen molar-refractivity contribution in [1.82, 2.24) is 0 Å². The summed E-state index contributed by atoms with van der Waals surface area (Å²) in [5, 5.41) is 10.2. The first-order valence-corrected chi connectivity index (χ1v) is 9.84. The van der Waals surface area contributed by atoms with Gasteiger partial charge in [-0.15, -0.1) is 0 Å². The Morgan fingerprint density at radius 2 is 1.83 bits per heavy atom. The Morgan fingerprint density at radius 1 is 1.17 bits per heavy atom.